The number of hydrogen-bond donors (Lipinski definition) is 2. The van der Waals surface area contributed by atoms with Crippen LogP contribution >= 0.6 is 7.82 Å². The van der Waals surface area contributed by atoms with Gasteiger partial charge in [-0.2, -0.15) is 0 Å². The lowest BCUT2D eigenvalue weighted by atomic mass is 10.0. The molecular formula is C55H104NO7P. The topological polar surface area (TPSA) is 117 Å². The van der Waals surface area contributed by atoms with E-state index in [1.54, 1.807) is 0 Å². The second-order valence-corrected chi connectivity index (χ2v) is 19.5. The number of esters is 1. The minimum absolute atomic E-state index is 0.0973. The summed E-state index contributed by atoms with van der Waals surface area (Å²) in [6.07, 6.45) is 64.4. The summed E-state index contributed by atoms with van der Waals surface area (Å²) in [4.78, 5) is 22.6. The van der Waals surface area contributed by atoms with E-state index in [1.165, 1.54) is 180 Å². The van der Waals surface area contributed by atoms with E-state index in [-0.39, 0.29) is 32.3 Å². The van der Waals surface area contributed by atoms with Gasteiger partial charge in [-0.3, -0.25) is 13.8 Å². The maximum absolute atomic E-state index is 12.7. The van der Waals surface area contributed by atoms with Gasteiger partial charge in [0.25, 0.3) is 0 Å². The molecule has 8 nitrogen and oxygen atoms in total. The fourth-order valence-electron chi connectivity index (χ4n) is 7.71. The van der Waals surface area contributed by atoms with Crippen LogP contribution in [-0.2, 0) is 27.9 Å². The van der Waals surface area contributed by atoms with Gasteiger partial charge in [0.05, 0.1) is 19.8 Å². The smallest absolute Gasteiger partial charge is 0.457 e. The second-order valence-electron chi connectivity index (χ2n) is 18.1. The highest BCUT2D eigenvalue weighted by Crippen LogP contribution is 2.43. The number of carbonyl (C=O) groups is 1. The Kier molecular flexibility index (Phi) is 51.2. The molecule has 0 saturated carbocycles. The van der Waals surface area contributed by atoms with Gasteiger partial charge >= 0.3 is 13.8 Å². The van der Waals surface area contributed by atoms with Gasteiger partial charge in [-0.15, -0.1) is 0 Å². The second kappa shape index (κ2) is 52.4. The van der Waals surface area contributed by atoms with Crippen molar-refractivity contribution in [3.63, 3.8) is 0 Å². The van der Waals surface area contributed by atoms with Crippen molar-refractivity contribution in [1.82, 2.24) is 0 Å². The van der Waals surface area contributed by atoms with Crippen molar-refractivity contribution in [2.24, 2.45) is 5.73 Å². The fraction of sp³-hybridized carbons (Fsp3) is 0.836. The van der Waals surface area contributed by atoms with E-state index in [9.17, 15) is 14.3 Å². The third-order valence-corrected chi connectivity index (χ3v) is 12.7. The zero-order valence-corrected chi connectivity index (χ0v) is 42.9. The van der Waals surface area contributed by atoms with E-state index in [0.29, 0.717) is 13.0 Å². The molecule has 2 atom stereocenters. The first-order chi connectivity index (χ1) is 31.4. The van der Waals surface area contributed by atoms with Crippen LogP contribution < -0.4 is 5.73 Å². The van der Waals surface area contributed by atoms with Crippen molar-refractivity contribution in [1.29, 1.82) is 0 Å². The van der Waals surface area contributed by atoms with E-state index in [4.69, 9.17) is 24.3 Å². The molecule has 376 valence electrons. The molecule has 0 aromatic carbocycles. The standard InChI is InChI=1S/C55H104NO7P/c1-3-5-7-9-11-13-15-17-19-21-23-25-26-27-29-31-33-35-37-39-41-43-45-47-50-60-52-54(53-62-64(58,59)61-51-49-56)63-55(57)48-46-44-42-40-38-36-34-32-30-28-24-22-20-18-16-14-12-10-8-6-4-2/h16,18,21-24,30,32,54H,3-15,17,19-20,25-29,31,33-53,56H2,1-2H3,(H,58,59)/b18-16-,23-21-,24-22-,32-30-. The minimum atomic E-state index is -4.29. The number of ether oxygens (including phenoxy) is 2. The molecule has 0 rings (SSSR count). The Labute approximate surface area is 396 Å². The van der Waals surface area contributed by atoms with Gasteiger partial charge in [0.1, 0.15) is 6.10 Å². The molecular weight excluding hydrogens is 818 g/mol. The third kappa shape index (κ3) is 51.4. The number of carbonyl (C=O) groups excluding carboxylic acids is 1. The van der Waals surface area contributed by atoms with Gasteiger partial charge in [0, 0.05) is 19.6 Å². The normalized spacial score (nSPS) is 13.6. The van der Waals surface area contributed by atoms with Crippen molar-refractivity contribution in [2.75, 3.05) is 33.0 Å². The molecule has 0 spiro atoms. The Hall–Kier alpha value is -1.54. The molecule has 64 heavy (non-hydrogen) atoms. The number of phosphoric acid groups is 1. The van der Waals surface area contributed by atoms with Crippen molar-refractivity contribution >= 4 is 13.8 Å². The zero-order chi connectivity index (χ0) is 46.5. The van der Waals surface area contributed by atoms with E-state index >= 15 is 0 Å². The monoisotopic (exact) mass is 922 g/mol. The Bertz CT molecular complexity index is 1130. The SMILES string of the molecule is CCCCCCC/C=C\C/C=C\C/C=C\CCCCCCCCC(=O)OC(COCCCCCCCCCCCCCC/C=C\CCCCCCCCCC)COP(=O)(O)OCCN. The maximum Gasteiger partial charge on any atom is 0.472 e. The lowest BCUT2D eigenvalue weighted by Crippen LogP contribution is -2.28. The van der Waals surface area contributed by atoms with Crippen LogP contribution in [0.2, 0.25) is 0 Å². The summed E-state index contributed by atoms with van der Waals surface area (Å²) in [6.45, 7) is 4.93. The summed E-state index contributed by atoms with van der Waals surface area (Å²) >= 11 is 0. The highest BCUT2D eigenvalue weighted by Gasteiger charge is 2.25. The summed E-state index contributed by atoms with van der Waals surface area (Å²) in [5, 5.41) is 0. The van der Waals surface area contributed by atoms with Gasteiger partial charge in [0.15, 0.2) is 0 Å². The number of allylic oxidation sites excluding steroid dienone is 8. The average molecular weight is 922 g/mol. The van der Waals surface area contributed by atoms with E-state index in [0.717, 1.165) is 57.8 Å². The van der Waals surface area contributed by atoms with Crippen LogP contribution in [0.25, 0.3) is 0 Å². The van der Waals surface area contributed by atoms with Crippen LogP contribution in [0.5, 0.6) is 0 Å². The van der Waals surface area contributed by atoms with Crippen molar-refractivity contribution in [2.45, 2.75) is 264 Å². The molecule has 0 fully saturated rings. The predicted octanol–water partition coefficient (Wildman–Crippen LogP) is 17.1. The summed E-state index contributed by atoms with van der Waals surface area (Å²) in [7, 11) is -4.29. The van der Waals surface area contributed by atoms with Gasteiger partial charge in [0.2, 0.25) is 0 Å². The average Bonchev–Trinajstić information content (AvgIpc) is 3.29. The zero-order valence-electron chi connectivity index (χ0n) is 42.0. The number of hydrogen-bond acceptors (Lipinski definition) is 7. The molecule has 2 unspecified atom stereocenters. The van der Waals surface area contributed by atoms with Crippen molar-refractivity contribution < 1.29 is 32.8 Å². The summed E-state index contributed by atoms with van der Waals surface area (Å²) in [6, 6.07) is 0. The minimum Gasteiger partial charge on any atom is -0.457 e. The Morgan fingerprint density at radius 1 is 0.469 bits per heavy atom. The Morgan fingerprint density at radius 3 is 1.25 bits per heavy atom. The molecule has 0 radical (unpaired) electrons. The molecule has 0 heterocycles. The lowest BCUT2D eigenvalue weighted by Gasteiger charge is -2.20. The van der Waals surface area contributed by atoms with Gasteiger partial charge in [-0.1, -0.05) is 223 Å². The number of rotatable bonds is 52. The Balaban J connectivity index is 3.93. The van der Waals surface area contributed by atoms with Gasteiger partial charge in [-0.05, 0) is 77.0 Å². The maximum atomic E-state index is 12.7. The molecule has 0 aromatic rings. The molecule has 0 aromatic heterocycles. The van der Waals surface area contributed by atoms with Crippen LogP contribution in [0.1, 0.15) is 258 Å². The molecule has 0 amide bonds. The van der Waals surface area contributed by atoms with Gasteiger partial charge in [-0.25, -0.2) is 4.57 Å². The van der Waals surface area contributed by atoms with E-state index in [2.05, 4.69) is 62.5 Å². The summed E-state index contributed by atoms with van der Waals surface area (Å²) in [5.41, 5.74) is 5.39. The summed E-state index contributed by atoms with van der Waals surface area (Å²) in [5.74, 6) is -0.340. The van der Waals surface area contributed by atoms with E-state index < -0.39 is 13.9 Å². The van der Waals surface area contributed by atoms with Gasteiger partial charge < -0.3 is 20.1 Å². The van der Waals surface area contributed by atoms with E-state index in [1.807, 2.05) is 0 Å². The highest BCUT2D eigenvalue weighted by molar-refractivity contribution is 7.47. The predicted molar refractivity (Wildman–Crippen MR) is 275 cm³/mol. The molecule has 0 aliphatic rings. The molecule has 9 heteroatoms. The van der Waals surface area contributed by atoms with Crippen LogP contribution in [-0.4, -0.2) is 49.9 Å². The van der Waals surface area contributed by atoms with Crippen LogP contribution in [0, 0.1) is 0 Å². The van der Waals surface area contributed by atoms with Crippen LogP contribution in [0.4, 0.5) is 0 Å². The van der Waals surface area contributed by atoms with Crippen LogP contribution in [0.15, 0.2) is 48.6 Å². The molecule has 0 saturated heterocycles. The summed E-state index contributed by atoms with van der Waals surface area (Å²) < 4.78 is 33.6. The third-order valence-electron chi connectivity index (χ3n) is 11.7. The number of phosphoric ester groups is 1. The lowest BCUT2D eigenvalue weighted by molar-refractivity contribution is -0.154. The molecule has 3 N–H and O–H groups in total. The van der Waals surface area contributed by atoms with Crippen LogP contribution in [0.3, 0.4) is 0 Å². The largest absolute Gasteiger partial charge is 0.472 e. The fourth-order valence-corrected chi connectivity index (χ4v) is 8.47. The number of nitrogens with two attached hydrogens (primary N) is 1. The first-order valence-corrected chi connectivity index (χ1v) is 28.6. The molecule has 0 aliphatic carbocycles. The Morgan fingerprint density at radius 2 is 0.828 bits per heavy atom. The van der Waals surface area contributed by atoms with Crippen molar-refractivity contribution in [3.8, 4) is 0 Å². The molecule has 0 aliphatic heterocycles. The molecule has 0 bridgehead atoms. The quantitative estimate of drug-likeness (QED) is 0.0268. The first kappa shape index (κ1) is 62.5. The number of unbranched alkanes of at least 4 members (excludes halogenated alkanes) is 31. The highest BCUT2D eigenvalue weighted by atomic mass is 31.2. The van der Waals surface area contributed by atoms with Crippen molar-refractivity contribution in [3.05, 3.63) is 48.6 Å². The first-order valence-electron chi connectivity index (χ1n) is 27.1.